The van der Waals surface area contributed by atoms with Gasteiger partial charge in [0, 0.05) is 31.1 Å². The first kappa shape index (κ1) is 39.0. The lowest BCUT2D eigenvalue weighted by molar-refractivity contribution is -0.161. The zero-order valence-corrected chi connectivity index (χ0v) is 27.1. The number of ketones is 1. The maximum atomic E-state index is 12.4. The lowest BCUT2D eigenvalue weighted by Crippen LogP contribution is -2.28. The van der Waals surface area contributed by atoms with Crippen molar-refractivity contribution in [3.05, 3.63) is 24.3 Å². The first-order chi connectivity index (χ1) is 20.7. The minimum Gasteiger partial charge on any atom is -0.462 e. The predicted molar refractivity (Wildman–Crippen MR) is 169 cm³/mol. The van der Waals surface area contributed by atoms with Crippen LogP contribution in [0.15, 0.2) is 24.3 Å². The van der Waals surface area contributed by atoms with E-state index >= 15 is 0 Å². The fraction of sp³-hybridized carbons (Fsp3) is 0.800. The second-order valence-electron chi connectivity index (χ2n) is 12.5. The summed E-state index contributed by atoms with van der Waals surface area (Å²) in [6.07, 6.45) is 19.1. The van der Waals surface area contributed by atoms with Crippen molar-refractivity contribution in [1.82, 2.24) is 0 Å². The van der Waals surface area contributed by atoms with Gasteiger partial charge in [0.2, 0.25) is 0 Å². The largest absolute Gasteiger partial charge is 0.462 e. The minimum atomic E-state index is -0.871. The molecule has 8 heteroatoms. The highest BCUT2D eigenvalue weighted by Gasteiger charge is 2.39. The Morgan fingerprint density at radius 3 is 2.30 bits per heavy atom. The van der Waals surface area contributed by atoms with E-state index in [1.807, 2.05) is 12.2 Å². The van der Waals surface area contributed by atoms with E-state index < -0.39 is 36.8 Å². The number of hydrogen-bond acceptors (Lipinski definition) is 8. The number of unbranched alkanes of at least 4 members (excludes halogenated alkanes) is 8. The fourth-order valence-corrected chi connectivity index (χ4v) is 5.36. The molecule has 248 valence electrons. The summed E-state index contributed by atoms with van der Waals surface area (Å²) < 4.78 is 10.5. The summed E-state index contributed by atoms with van der Waals surface area (Å²) in [6, 6.07) is 0. The smallest absolute Gasteiger partial charge is 0.306 e. The predicted octanol–water partition coefficient (Wildman–Crippen LogP) is 6.39. The summed E-state index contributed by atoms with van der Waals surface area (Å²) in [5.41, 5.74) is 0. The molecule has 0 heterocycles. The van der Waals surface area contributed by atoms with Gasteiger partial charge in [-0.15, -0.1) is 0 Å². The van der Waals surface area contributed by atoms with Crippen LogP contribution in [-0.2, 0) is 23.9 Å². The van der Waals surface area contributed by atoms with Crippen LogP contribution in [0.2, 0.25) is 0 Å². The Balaban J connectivity index is 2.23. The molecule has 5 atom stereocenters. The van der Waals surface area contributed by atoms with Crippen molar-refractivity contribution in [2.45, 2.75) is 148 Å². The molecule has 1 fully saturated rings. The average molecular weight is 609 g/mol. The Morgan fingerprint density at radius 1 is 0.930 bits per heavy atom. The van der Waals surface area contributed by atoms with Gasteiger partial charge in [0.15, 0.2) is 6.10 Å². The normalized spacial score (nSPS) is 20.3. The van der Waals surface area contributed by atoms with Gasteiger partial charge in [-0.1, -0.05) is 103 Å². The second kappa shape index (κ2) is 24.3. The van der Waals surface area contributed by atoms with Gasteiger partial charge in [0.25, 0.3) is 0 Å². The van der Waals surface area contributed by atoms with Crippen molar-refractivity contribution in [2.75, 3.05) is 13.2 Å². The summed E-state index contributed by atoms with van der Waals surface area (Å²) in [5.74, 6) is -0.668. The van der Waals surface area contributed by atoms with Crippen LogP contribution in [0.4, 0.5) is 0 Å². The number of carbonyl (C=O) groups is 3. The van der Waals surface area contributed by atoms with Crippen molar-refractivity contribution in [1.29, 1.82) is 0 Å². The topological polar surface area (TPSA) is 130 Å². The third kappa shape index (κ3) is 19.1. The summed E-state index contributed by atoms with van der Waals surface area (Å²) >= 11 is 0. The Labute approximate surface area is 260 Å². The van der Waals surface area contributed by atoms with E-state index in [0.717, 1.165) is 44.4 Å². The Hall–Kier alpha value is -2.03. The second-order valence-corrected chi connectivity index (χ2v) is 12.5. The number of esters is 2. The number of allylic oxidation sites excluding steroid dienone is 3. The number of ether oxygens (including phenoxy) is 2. The summed E-state index contributed by atoms with van der Waals surface area (Å²) in [5, 5.41) is 30.0. The van der Waals surface area contributed by atoms with Crippen LogP contribution in [0.1, 0.15) is 130 Å². The van der Waals surface area contributed by atoms with E-state index in [2.05, 4.69) is 20.8 Å². The van der Waals surface area contributed by atoms with E-state index in [-0.39, 0.29) is 37.1 Å². The van der Waals surface area contributed by atoms with Gasteiger partial charge in [0.05, 0.1) is 18.8 Å². The molecule has 43 heavy (non-hydrogen) atoms. The third-order valence-electron chi connectivity index (χ3n) is 8.05. The van der Waals surface area contributed by atoms with Crippen LogP contribution in [-0.4, -0.2) is 64.6 Å². The molecular weight excluding hydrogens is 548 g/mol. The highest BCUT2D eigenvalue weighted by atomic mass is 16.6. The molecule has 1 aliphatic carbocycles. The molecule has 0 unspecified atom stereocenters. The molecule has 0 aromatic heterocycles. The molecule has 0 spiro atoms. The molecule has 8 nitrogen and oxygen atoms in total. The average Bonchev–Trinajstić information content (AvgIpc) is 3.24. The van der Waals surface area contributed by atoms with Gasteiger partial charge < -0.3 is 24.8 Å². The molecule has 1 rings (SSSR count). The van der Waals surface area contributed by atoms with Crippen molar-refractivity contribution < 1.29 is 39.2 Å². The third-order valence-corrected chi connectivity index (χ3v) is 8.05. The zero-order chi connectivity index (χ0) is 31.9. The standard InChI is InChI=1S/C35H60O8/c1-4-5-12-18-28(37)22-23-31-30(32(38)24-33(31)39)19-14-10-11-16-21-35(41)43-29(25-36)26-42-34(40)20-15-9-7-6-8-13-17-27(2)3/h10,14,22-23,27-32,36-38H,4-9,11-13,15-21,24-26H2,1-3H3/b14-10-,23-22+/t28-,29-,30+,31+,32-/m0/s1. The van der Waals surface area contributed by atoms with E-state index in [9.17, 15) is 29.7 Å². The van der Waals surface area contributed by atoms with Crippen LogP contribution < -0.4 is 0 Å². The van der Waals surface area contributed by atoms with Crippen LogP contribution in [0.5, 0.6) is 0 Å². The van der Waals surface area contributed by atoms with Crippen molar-refractivity contribution in [2.24, 2.45) is 17.8 Å². The zero-order valence-electron chi connectivity index (χ0n) is 27.1. The first-order valence-corrected chi connectivity index (χ1v) is 16.9. The molecule has 0 radical (unpaired) electrons. The molecular formula is C35H60O8. The quantitative estimate of drug-likeness (QED) is 0.0617. The van der Waals surface area contributed by atoms with Gasteiger partial charge in [-0.2, -0.15) is 0 Å². The Morgan fingerprint density at radius 2 is 1.60 bits per heavy atom. The number of hydrogen-bond donors (Lipinski definition) is 3. The maximum absolute atomic E-state index is 12.4. The first-order valence-electron chi connectivity index (χ1n) is 16.9. The Bertz CT molecular complexity index is 821. The Kier molecular flexibility index (Phi) is 22.0. The molecule has 0 amide bonds. The number of carbonyl (C=O) groups excluding carboxylic acids is 3. The van der Waals surface area contributed by atoms with Crippen LogP contribution in [0, 0.1) is 17.8 Å². The fourth-order valence-electron chi connectivity index (χ4n) is 5.36. The highest BCUT2D eigenvalue weighted by molar-refractivity contribution is 5.86. The molecule has 0 saturated heterocycles. The van der Waals surface area contributed by atoms with Crippen LogP contribution >= 0.6 is 0 Å². The molecule has 0 aliphatic heterocycles. The van der Waals surface area contributed by atoms with E-state index in [4.69, 9.17) is 9.47 Å². The van der Waals surface area contributed by atoms with Gasteiger partial charge in [0.1, 0.15) is 12.4 Å². The van der Waals surface area contributed by atoms with E-state index in [1.54, 1.807) is 12.2 Å². The number of rotatable bonds is 25. The van der Waals surface area contributed by atoms with Crippen molar-refractivity contribution >= 4 is 17.7 Å². The lowest BCUT2D eigenvalue weighted by atomic mass is 9.90. The number of aliphatic hydroxyl groups excluding tert-OH is 3. The molecule has 0 bridgehead atoms. The van der Waals surface area contributed by atoms with Crippen molar-refractivity contribution in [3.8, 4) is 0 Å². The van der Waals surface area contributed by atoms with Crippen molar-refractivity contribution in [3.63, 3.8) is 0 Å². The minimum absolute atomic E-state index is 0.00215. The number of Topliss-reactive ketones (excluding diaryl/α,β-unsaturated/α-hetero) is 1. The summed E-state index contributed by atoms with van der Waals surface area (Å²) in [7, 11) is 0. The molecule has 0 aromatic rings. The molecule has 1 saturated carbocycles. The van der Waals surface area contributed by atoms with Gasteiger partial charge in [-0.05, 0) is 38.0 Å². The monoisotopic (exact) mass is 608 g/mol. The van der Waals surface area contributed by atoms with Gasteiger partial charge in [-0.3, -0.25) is 14.4 Å². The van der Waals surface area contributed by atoms with Crippen LogP contribution in [0.25, 0.3) is 0 Å². The van der Waals surface area contributed by atoms with Gasteiger partial charge >= 0.3 is 11.9 Å². The molecule has 3 N–H and O–H groups in total. The number of aliphatic hydroxyl groups is 3. The summed E-state index contributed by atoms with van der Waals surface area (Å²) in [6.45, 7) is 6.03. The maximum Gasteiger partial charge on any atom is 0.306 e. The molecule has 0 aromatic carbocycles. The SMILES string of the molecule is CCCCC[C@H](O)/C=C/[C@H]1C(=O)C[C@H](O)[C@@H]1C/C=C\CCCC(=O)O[C@@H](CO)COC(=O)CCCCCCCCC(C)C. The van der Waals surface area contributed by atoms with Gasteiger partial charge in [-0.25, -0.2) is 0 Å². The summed E-state index contributed by atoms with van der Waals surface area (Å²) in [4.78, 5) is 36.6. The van der Waals surface area contributed by atoms with E-state index in [0.29, 0.717) is 32.1 Å². The molecule has 1 aliphatic rings. The van der Waals surface area contributed by atoms with E-state index in [1.165, 1.54) is 25.7 Å². The van der Waals surface area contributed by atoms with Crippen LogP contribution in [0.3, 0.4) is 0 Å². The lowest BCUT2D eigenvalue weighted by Gasteiger charge is -2.17. The highest BCUT2D eigenvalue weighted by Crippen LogP contribution is 2.33.